The Hall–Kier alpha value is -3.68. The summed E-state index contributed by atoms with van der Waals surface area (Å²) in [6, 6.07) is 12.4. The van der Waals surface area contributed by atoms with Gasteiger partial charge in [0.15, 0.2) is 30.0 Å². The summed E-state index contributed by atoms with van der Waals surface area (Å²) in [6.07, 6.45) is -0.741. The van der Waals surface area contributed by atoms with Crippen molar-refractivity contribution in [2.75, 3.05) is 13.7 Å². The van der Waals surface area contributed by atoms with Crippen molar-refractivity contribution in [3.63, 3.8) is 0 Å². The van der Waals surface area contributed by atoms with Gasteiger partial charge < -0.3 is 18.6 Å². The van der Waals surface area contributed by atoms with Gasteiger partial charge in [0.05, 0.1) is 7.11 Å². The molecule has 1 atom stereocenters. The highest BCUT2D eigenvalue weighted by atomic mass is 16.6. The number of hydrogen-bond donors (Lipinski definition) is 0. The molecule has 0 fully saturated rings. The number of ether oxygens (including phenoxy) is 3. The molecule has 0 unspecified atom stereocenters. The molecular weight excluding hydrogens is 388 g/mol. The third-order valence-electron chi connectivity index (χ3n) is 4.31. The number of aryl methyl sites for hydroxylation is 1. The van der Waals surface area contributed by atoms with Crippen molar-refractivity contribution >= 4 is 11.8 Å². The predicted octanol–water partition coefficient (Wildman–Crippen LogP) is 3.94. The van der Waals surface area contributed by atoms with E-state index in [1.54, 1.807) is 25.1 Å². The summed E-state index contributed by atoms with van der Waals surface area (Å²) in [7, 11) is 1.45. The number of esters is 1. The van der Waals surface area contributed by atoms with Crippen molar-refractivity contribution in [2.24, 2.45) is 0 Å². The SMILES string of the molecule is COc1cc(C(C)=O)ccc1OCC(=O)O[C@H](C)c1nnc(-c2ccc(C)cc2)o1. The molecule has 1 heterocycles. The van der Waals surface area contributed by atoms with E-state index < -0.39 is 12.1 Å². The third kappa shape index (κ3) is 5.02. The van der Waals surface area contributed by atoms with Gasteiger partial charge in [-0.3, -0.25) is 4.79 Å². The van der Waals surface area contributed by atoms with Crippen LogP contribution in [0.5, 0.6) is 11.5 Å². The molecule has 0 amide bonds. The van der Waals surface area contributed by atoms with Crippen LogP contribution in [0.1, 0.15) is 41.8 Å². The zero-order chi connectivity index (χ0) is 21.7. The lowest BCUT2D eigenvalue weighted by Crippen LogP contribution is -2.17. The second kappa shape index (κ2) is 9.21. The molecule has 0 saturated heterocycles. The zero-order valence-corrected chi connectivity index (χ0v) is 17.2. The fourth-order valence-corrected chi connectivity index (χ4v) is 2.64. The Bertz CT molecular complexity index is 1040. The molecule has 3 rings (SSSR count). The number of carbonyl (C=O) groups excluding carboxylic acids is 2. The molecule has 8 nitrogen and oxygen atoms in total. The Balaban J connectivity index is 1.59. The summed E-state index contributed by atoms with van der Waals surface area (Å²) < 4.78 is 21.6. The number of nitrogens with zero attached hydrogens (tertiary/aromatic N) is 2. The maximum atomic E-state index is 12.2. The van der Waals surface area contributed by atoms with E-state index >= 15 is 0 Å². The summed E-state index contributed by atoms with van der Waals surface area (Å²) in [4.78, 5) is 23.6. The second-order valence-electron chi connectivity index (χ2n) is 6.65. The minimum absolute atomic E-state index is 0.0994. The minimum atomic E-state index is -0.741. The number of methoxy groups -OCH3 is 1. The largest absolute Gasteiger partial charge is 0.493 e. The van der Waals surface area contributed by atoms with Gasteiger partial charge in [-0.15, -0.1) is 10.2 Å². The van der Waals surface area contributed by atoms with Crippen LogP contribution in [0.4, 0.5) is 0 Å². The van der Waals surface area contributed by atoms with Crippen molar-refractivity contribution in [1.29, 1.82) is 0 Å². The van der Waals surface area contributed by atoms with Crippen LogP contribution in [0.15, 0.2) is 46.9 Å². The first-order valence-electron chi connectivity index (χ1n) is 9.29. The maximum Gasteiger partial charge on any atom is 0.344 e. The summed E-state index contributed by atoms with van der Waals surface area (Å²) in [5.74, 6) is 0.490. The smallest absolute Gasteiger partial charge is 0.344 e. The Morgan fingerprint density at radius 1 is 1.07 bits per heavy atom. The highest BCUT2D eigenvalue weighted by Crippen LogP contribution is 2.28. The lowest BCUT2D eigenvalue weighted by atomic mass is 10.1. The number of rotatable bonds is 8. The normalized spacial score (nSPS) is 11.6. The van der Waals surface area contributed by atoms with E-state index in [0.717, 1.165) is 11.1 Å². The van der Waals surface area contributed by atoms with Crippen molar-refractivity contribution in [1.82, 2.24) is 10.2 Å². The van der Waals surface area contributed by atoms with Gasteiger partial charge in [-0.05, 0) is 51.1 Å². The van der Waals surface area contributed by atoms with E-state index in [2.05, 4.69) is 10.2 Å². The molecule has 2 aromatic carbocycles. The van der Waals surface area contributed by atoms with Crippen molar-refractivity contribution in [3.8, 4) is 23.0 Å². The van der Waals surface area contributed by atoms with Gasteiger partial charge in [0.1, 0.15) is 0 Å². The van der Waals surface area contributed by atoms with E-state index in [4.69, 9.17) is 18.6 Å². The summed E-state index contributed by atoms with van der Waals surface area (Å²) in [5, 5.41) is 7.95. The first kappa shape index (κ1) is 21.0. The van der Waals surface area contributed by atoms with E-state index in [-0.39, 0.29) is 18.3 Å². The average Bonchev–Trinajstić information content (AvgIpc) is 3.23. The van der Waals surface area contributed by atoms with Gasteiger partial charge in [-0.2, -0.15) is 0 Å². The van der Waals surface area contributed by atoms with E-state index in [9.17, 15) is 9.59 Å². The molecule has 0 aliphatic carbocycles. The maximum absolute atomic E-state index is 12.2. The number of hydrogen-bond acceptors (Lipinski definition) is 8. The van der Waals surface area contributed by atoms with Crippen LogP contribution in [0.25, 0.3) is 11.5 Å². The topological polar surface area (TPSA) is 101 Å². The molecule has 0 aliphatic heterocycles. The molecule has 0 saturated carbocycles. The van der Waals surface area contributed by atoms with Gasteiger partial charge in [0.2, 0.25) is 5.89 Å². The number of benzene rings is 2. The summed E-state index contributed by atoms with van der Waals surface area (Å²) in [6.45, 7) is 4.72. The van der Waals surface area contributed by atoms with Crippen molar-refractivity contribution < 1.29 is 28.2 Å². The van der Waals surface area contributed by atoms with Crippen LogP contribution in [0.3, 0.4) is 0 Å². The highest BCUT2D eigenvalue weighted by Gasteiger charge is 2.20. The van der Waals surface area contributed by atoms with Crippen LogP contribution < -0.4 is 9.47 Å². The summed E-state index contributed by atoms with van der Waals surface area (Å²) in [5.41, 5.74) is 2.38. The molecule has 0 N–H and O–H groups in total. The zero-order valence-electron chi connectivity index (χ0n) is 17.2. The second-order valence-corrected chi connectivity index (χ2v) is 6.65. The van der Waals surface area contributed by atoms with Crippen LogP contribution in [0.2, 0.25) is 0 Å². The van der Waals surface area contributed by atoms with E-state index in [0.29, 0.717) is 23.0 Å². The van der Waals surface area contributed by atoms with Gasteiger partial charge in [-0.25, -0.2) is 4.79 Å². The molecule has 8 heteroatoms. The monoisotopic (exact) mass is 410 g/mol. The highest BCUT2D eigenvalue weighted by molar-refractivity contribution is 5.94. The van der Waals surface area contributed by atoms with Crippen LogP contribution in [-0.4, -0.2) is 35.7 Å². The molecule has 1 aromatic heterocycles. The van der Waals surface area contributed by atoms with Gasteiger partial charge in [0, 0.05) is 11.1 Å². The lowest BCUT2D eigenvalue weighted by Gasteiger charge is -2.13. The van der Waals surface area contributed by atoms with Gasteiger partial charge in [-0.1, -0.05) is 17.7 Å². The fourth-order valence-electron chi connectivity index (χ4n) is 2.64. The predicted molar refractivity (Wildman–Crippen MR) is 107 cm³/mol. The molecule has 0 aliphatic rings. The average molecular weight is 410 g/mol. The quantitative estimate of drug-likeness (QED) is 0.407. The summed E-state index contributed by atoms with van der Waals surface area (Å²) >= 11 is 0. The number of Topliss-reactive ketones (excluding diaryl/α,β-unsaturated/α-hetero) is 1. The minimum Gasteiger partial charge on any atom is -0.493 e. The molecule has 156 valence electrons. The Labute approximate surface area is 173 Å². The molecule has 0 spiro atoms. The number of aromatic nitrogens is 2. The molecule has 30 heavy (non-hydrogen) atoms. The molecule has 0 bridgehead atoms. The number of carbonyl (C=O) groups is 2. The van der Waals surface area contributed by atoms with Crippen LogP contribution in [-0.2, 0) is 9.53 Å². The lowest BCUT2D eigenvalue weighted by molar-refractivity contribution is -0.152. The van der Waals surface area contributed by atoms with Crippen molar-refractivity contribution in [2.45, 2.75) is 26.9 Å². The Morgan fingerprint density at radius 2 is 1.80 bits per heavy atom. The van der Waals surface area contributed by atoms with Gasteiger partial charge >= 0.3 is 5.97 Å². The number of ketones is 1. The molecule has 0 radical (unpaired) electrons. The third-order valence-corrected chi connectivity index (χ3v) is 4.31. The Morgan fingerprint density at radius 3 is 2.47 bits per heavy atom. The van der Waals surface area contributed by atoms with Crippen molar-refractivity contribution in [3.05, 3.63) is 59.5 Å². The molecule has 3 aromatic rings. The first-order valence-corrected chi connectivity index (χ1v) is 9.29. The first-order chi connectivity index (χ1) is 14.4. The van der Waals surface area contributed by atoms with Crippen LogP contribution >= 0.6 is 0 Å². The van der Waals surface area contributed by atoms with Gasteiger partial charge in [0.25, 0.3) is 5.89 Å². The van der Waals surface area contributed by atoms with Crippen LogP contribution in [0, 0.1) is 6.92 Å². The molecular formula is C22H22N2O6. The van der Waals surface area contributed by atoms with E-state index in [1.165, 1.54) is 14.0 Å². The standard InChI is InChI=1S/C22H22N2O6/c1-13-5-7-16(8-6-13)22-24-23-21(30-22)15(3)29-20(26)12-28-18-10-9-17(14(2)25)11-19(18)27-4/h5-11,15H,12H2,1-4H3/t15-/m1/s1. The fraction of sp³-hybridized carbons (Fsp3) is 0.273. The Kier molecular flexibility index (Phi) is 6.46. The van der Waals surface area contributed by atoms with E-state index in [1.807, 2.05) is 31.2 Å².